The molecule has 0 rings (SSSR count). The summed E-state index contributed by atoms with van der Waals surface area (Å²) in [4.78, 5) is 0. The van der Waals surface area contributed by atoms with Crippen LogP contribution in [0.25, 0.3) is 0 Å². The third-order valence-electron chi connectivity index (χ3n) is 4.92. The Morgan fingerprint density at radius 1 is 0.947 bits per heavy atom. The topological polar surface area (TPSA) is 20.2 Å². The molecule has 116 valence electrons. The lowest BCUT2D eigenvalue weighted by Crippen LogP contribution is -2.31. The van der Waals surface area contributed by atoms with Crippen molar-refractivity contribution in [2.75, 3.05) is 0 Å². The molecule has 0 aromatic rings. The highest BCUT2D eigenvalue weighted by molar-refractivity contribution is 4.80. The van der Waals surface area contributed by atoms with E-state index < -0.39 is 0 Å². The van der Waals surface area contributed by atoms with E-state index in [1.54, 1.807) is 0 Å². The molecule has 0 aliphatic carbocycles. The van der Waals surface area contributed by atoms with Crippen molar-refractivity contribution in [3.8, 4) is 0 Å². The maximum Gasteiger partial charge on any atom is 0.0591 e. The lowest BCUT2D eigenvalue weighted by Gasteiger charge is -2.33. The van der Waals surface area contributed by atoms with Crippen LogP contribution in [0.1, 0.15) is 92.9 Å². The minimum atomic E-state index is -0.131. The Hall–Kier alpha value is -0.0400. The first kappa shape index (κ1) is 19.0. The van der Waals surface area contributed by atoms with Gasteiger partial charge < -0.3 is 5.11 Å². The molecule has 0 saturated heterocycles. The second kappa shape index (κ2) is 9.80. The van der Waals surface area contributed by atoms with Gasteiger partial charge in [0.15, 0.2) is 0 Å². The number of rotatable bonds is 11. The Morgan fingerprint density at radius 2 is 1.53 bits per heavy atom. The minimum Gasteiger partial charge on any atom is -0.393 e. The lowest BCUT2D eigenvalue weighted by molar-refractivity contribution is 0.0224. The van der Waals surface area contributed by atoms with E-state index in [1.807, 2.05) is 0 Å². The largest absolute Gasteiger partial charge is 0.393 e. The fraction of sp³-hybridized carbons (Fsp3) is 1.00. The molecule has 1 N–H and O–H groups in total. The predicted octanol–water partition coefficient (Wildman–Crippen LogP) is 5.81. The zero-order valence-corrected chi connectivity index (χ0v) is 14.3. The molecule has 1 heteroatoms. The zero-order chi connectivity index (χ0) is 14.9. The van der Waals surface area contributed by atoms with Crippen LogP contribution >= 0.6 is 0 Å². The Bertz CT molecular complexity index is 212. The van der Waals surface area contributed by atoms with Crippen LogP contribution in [0.5, 0.6) is 0 Å². The summed E-state index contributed by atoms with van der Waals surface area (Å²) in [7, 11) is 0. The van der Waals surface area contributed by atoms with Crippen LogP contribution < -0.4 is 0 Å². The molecule has 0 heterocycles. The van der Waals surface area contributed by atoms with E-state index in [1.165, 1.54) is 38.5 Å². The molecule has 0 bridgehead atoms. The van der Waals surface area contributed by atoms with Crippen molar-refractivity contribution >= 4 is 0 Å². The van der Waals surface area contributed by atoms with Crippen LogP contribution in [0.3, 0.4) is 0 Å². The van der Waals surface area contributed by atoms with Crippen LogP contribution in [-0.2, 0) is 0 Å². The number of aliphatic hydroxyl groups is 1. The molecular formula is C18H38O. The summed E-state index contributed by atoms with van der Waals surface area (Å²) >= 11 is 0. The molecule has 19 heavy (non-hydrogen) atoms. The van der Waals surface area contributed by atoms with Crippen LogP contribution in [0.15, 0.2) is 0 Å². The van der Waals surface area contributed by atoms with Crippen LogP contribution in [0.4, 0.5) is 0 Å². The summed E-state index contributed by atoms with van der Waals surface area (Å²) in [6.45, 7) is 13.6. The van der Waals surface area contributed by atoms with E-state index in [4.69, 9.17) is 0 Å². The van der Waals surface area contributed by atoms with Crippen molar-refractivity contribution in [2.45, 2.75) is 99.0 Å². The van der Waals surface area contributed by atoms with Crippen LogP contribution in [-0.4, -0.2) is 11.2 Å². The molecule has 1 nitrogen and oxygen atoms in total. The third kappa shape index (κ3) is 7.97. The SMILES string of the molecule is CCC(O)C(C)(CC)CCCC(C)CCCC(C)C. The fourth-order valence-electron chi connectivity index (χ4n) is 2.95. The Kier molecular flexibility index (Phi) is 9.78. The summed E-state index contributed by atoms with van der Waals surface area (Å²) in [5, 5.41) is 10.1. The minimum absolute atomic E-state index is 0.131. The molecule has 0 radical (unpaired) electrons. The molecule has 0 amide bonds. The van der Waals surface area contributed by atoms with E-state index >= 15 is 0 Å². The normalized spacial score (nSPS) is 18.3. The lowest BCUT2D eigenvalue weighted by atomic mass is 9.75. The van der Waals surface area contributed by atoms with Gasteiger partial charge in [0.25, 0.3) is 0 Å². The molecule has 0 spiro atoms. The Labute approximate surface area is 122 Å². The van der Waals surface area contributed by atoms with E-state index in [0.717, 1.165) is 24.7 Å². The zero-order valence-electron chi connectivity index (χ0n) is 14.3. The molecule has 0 aliphatic heterocycles. The van der Waals surface area contributed by atoms with Crippen LogP contribution in [0, 0.1) is 17.3 Å². The van der Waals surface area contributed by atoms with E-state index in [-0.39, 0.29) is 11.5 Å². The smallest absolute Gasteiger partial charge is 0.0591 e. The molecule has 0 aromatic carbocycles. The highest BCUT2D eigenvalue weighted by atomic mass is 16.3. The predicted molar refractivity (Wildman–Crippen MR) is 86.4 cm³/mol. The third-order valence-corrected chi connectivity index (χ3v) is 4.92. The molecular weight excluding hydrogens is 232 g/mol. The van der Waals surface area contributed by atoms with Gasteiger partial charge in [-0.1, -0.05) is 73.6 Å². The van der Waals surface area contributed by atoms with Gasteiger partial charge >= 0.3 is 0 Å². The van der Waals surface area contributed by atoms with Gasteiger partial charge in [-0.05, 0) is 36.5 Å². The second-order valence-electron chi connectivity index (χ2n) is 7.25. The number of aliphatic hydroxyl groups excluding tert-OH is 1. The summed E-state index contributed by atoms with van der Waals surface area (Å²) < 4.78 is 0. The second-order valence-corrected chi connectivity index (χ2v) is 7.25. The molecule has 0 fully saturated rings. The van der Waals surface area contributed by atoms with Gasteiger partial charge in [-0.25, -0.2) is 0 Å². The quantitative estimate of drug-likeness (QED) is 0.502. The summed E-state index contributed by atoms with van der Waals surface area (Å²) in [6, 6.07) is 0. The van der Waals surface area contributed by atoms with Crippen molar-refractivity contribution in [1.29, 1.82) is 0 Å². The molecule has 0 aliphatic rings. The van der Waals surface area contributed by atoms with Crippen molar-refractivity contribution in [1.82, 2.24) is 0 Å². The van der Waals surface area contributed by atoms with Crippen molar-refractivity contribution in [3.05, 3.63) is 0 Å². The van der Waals surface area contributed by atoms with Gasteiger partial charge in [-0.15, -0.1) is 0 Å². The molecule has 3 unspecified atom stereocenters. The summed E-state index contributed by atoms with van der Waals surface area (Å²) in [5.74, 6) is 1.69. The fourth-order valence-corrected chi connectivity index (χ4v) is 2.95. The maximum atomic E-state index is 10.1. The standard InChI is InChI=1S/C18H38O/c1-7-17(19)18(6,8-2)14-10-13-16(5)12-9-11-15(3)4/h15-17,19H,7-14H2,1-6H3. The van der Waals surface area contributed by atoms with Crippen molar-refractivity contribution in [3.63, 3.8) is 0 Å². The van der Waals surface area contributed by atoms with Crippen molar-refractivity contribution in [2.24, 2.45) is 17.3 Å². The summed E-state index contributed by atoms with van der Waals surface area (Å²) in [5.41, 5.74) is 0.131. The van der Waals surface area contributed by atoms with E-state index in [9.17, 15) is 5.11 Å². The maximum absolute atomic E-state index is 10.1. The van der Waals surface area contributed by atoms with Gasteiger partial charge in [0.05, 0.1) is 6.10 Å². The van der Waals surface area contributed by atoms with Gasteiger partial charge in [0, 0.05) is 0 Å². The summed E-state index contributed by atoms with van der Waals surface area (Å²) in [6.07, 6.45) is 9.72. The average Bonchev–Trinajstić information content (AvgIpc) is 2.37. The molecule has 0 saturated carbocycles. The monoisotopic (exact) mass is 270 g/mol. The number of hydrogen-bond acceptors (Lipinski definition) is 1. The molecule has 0 aromatic heterocycles. The van der Waals surface area contributed by atoms with E-state index in [2.05, 4.69) is 41.5 Å². The number of hydrogen-bond donors (Lipinski definition) is 1. The van der Waals surface area contributed by atoms with Gasteiger partial charge in [-0.3, -0.25) is 0 Å². The van der Waals surface area contributed by atoms with Gasteiger partial charge in [0.1, 0.15) is 0 Å². The Morgan fingerprint density at radius 3 is 2.00 bits per heavy atom. The average molecular weight is 271 g/mol. The van der Waals surface area contributed by atoms with Crippen molar-refractivity contribution < 1.29 is 5.11 Å². The first-order valence-electron chi connectivity index (χ1n) is 8.53. The molecule has 3 atom stereocenters. The van der Waals surface area contributed by atoms with Gasteiger partial charge in [-0.2, -0.15) is 0 Å². The van der Waals surface area contributed by atoms with Crippen LogP contribution in [0.2, 0.25) is 0 Å². The van der Waals surface area contributed by atoms with E-state index in [0.29, 0.717) is 0 Å². The first-order valence-corrected chi connectivity index (χ1v) is 8.53. The first-order chi connectivity index (χ1) is 8.85. The Balaban J connectivity index is 3.87. The van der Waals surface area contributed by atoms with Gasteiger partial charge in [0.2, 0.25) is 0 Å². The highest BCUT2D eigenvalue weighted by Gasteiger charge is 2.29. The highest BCUT2D eigenvalue weighted by Crippen LogP contribution is 2.34.